The van der Waals surface area contributed by atoms with Crippen LogP contribution in [-0.4, -0.2) is 10.9 Å². The van der Waals surface area contributed by atoms with Crippen LogP contribution in [0, 0.1) is 0 Å². The van der Waals surface area contributed by atoms with Gasteiger partial charge in [-0.1, -0.05) is 29.8 Å². The number of aromatic nitrogens is 1. The van der Waals surface area contributed by atoms with Gasteiger partial charge in [0.2, 0.25) is 0 Å². The van der Waals surface area contributed by atoms with Crippen LogP contribution in [0.1, 0.15) is 10.6 Å². The van der Waals surface area contributed by atoms with Crippen LogP contribution in [0.5, 0.6) is 0 Å². The number of hydrogen-bond acceptors (Lipinski definition) is 3. The number of benzene rings is 2. The van der Waals surface area contributed by atoms with Gasteiger partial charge in [0, 0.05) is 15.8 Å². The first-order valence-corrected chi connectivity index (χ1v) is 7.42. The van der Waals surface area contributed by atoms with Gasteiger partial charge >= 0.3 is 0 Å². The van der Waals surface area contributed by atoms with Crippen LogP contribution in [0.25, 0.3) is 21.9 Å². The zero-order valence-corrected chi connectivity index (χ0v) is 12.7. The molecule has 1 N–H and O–H groups in total. The monoisotopic (exact) mass is 322 g/mol. The lowest BCUT2D eigenvalue weighted by Crippen LogP contribution is -2.10. The Balaban J connectivity index is 1.64. The van der Waals surface area contributed by atoms with Crippen molar-refractivity contribution in [3.05, 3.63) is 71.6 Å². The van der Waals surface area contributed by atoms with Gasteiger partial charge in [-0.2, -0.15) is 0 Å². The van der Waals surface area contributed by atoms with Crippen LogP contribution in [0.2, 0.25) is 5.02 Å². The summed E-state index contributed by atoms with van der Waals surface area (Å²) >= 11 is 5.94. The maximum Gasteiger partial charge on any atom is 0.291 e. The van der Waals surface area contributed by atoms with E-state index in [0.29, 0.717) is 16.3 Å². The van der Waals surface area contributed by atoms with Crippen LogP contribution in [0.4, 0.5) is 5.69 Å². The molecule has 23 heavy (non-hydrogen) atoms. The normalized spacial score (nSPS) is 11.0. The van der Waals surface area contributed by atoms with Gasteiger partial charge in [0.1, 0.15) is 5.58 Å². The molecule has 2 aromatic carbocycles. The molecule has 112 valence electrons. The molecule has 4 aromatic rings. The molecule has 0 bridgehead atoms. The Kier molecular flexibility index (Phi) is 3.24. The third-order valence-corrected chi connectivity index (χ3v) is 3.79. The molecule has 2 heterocycles. The average molecular weight is 323 g/mol. The molecule has 0 spiro atoms. The van der Waals surface area contributed by atoms with E-state index in [4.69, 9.17) is 16.0 Å². The number of anilines is 1. The van der Waals surface area contributed by atoms with Gasteiger partial charge in [0.05, 0.1) is 17.4 Å². The van der Waals surface area contributed by atoms with Gasteiger partial charge in [0.25, 0.3) is 5.91 Å². The molecule has 4 nitrogen and oxygen atoms in total. The van der Waals surface area contributed by atoms with Crippen molar-refractivity contribution < 1.29 is 9.21 Å². The second-order valence-corrected chi connectivity index (χ2v) is 5.60. The molecule has 0 atom stereocenters. The molecule has 5 heteroatoms. The van der Waals surface area contributed by atoms with Crippen LogP contribution in [0.3, 0.4) is 0 Å². The van der Waals surface area contributed by atoms with E-state index >= 15 is 0 Å². The molecule has 0 radical (unpaired) electrons. The van der Waals surface area contributed by atoms with E-state index in [1.165, 1.54) is 0 Å². The van der Waals surface area contributed by atoms with E-state index in [9.17, 15) is 4.79 Å². The van der Waals surface area contributed by atoms with Crippen molar-refractivity contribution in [2.75, 3.05) is 5.32 Å². The van der Waals surface area contributed by atoms with E-state index in [1.807, 2.05) is 30.3 Å². The predicted molar refractivity (Wildman–Crippen MR) is 90.9 cm³/mol. The number of furan rings is 1. The smallest absolute Gasteiger partial charge is 0.291 e. The fourth-order valence-corrected chi connectivity index (χ4v) is 2.64. The SMILES string of the molecule is O=C(Nc1cnc2ccccc2c1)c1cc2cc(Cl)ccc2o1. The van der Waals surface area contributed by atoms with Gasteiger partial charge in [-0.25, -0.2) is 0 Å². The minimum Gasteiger partial charge on any atom is -0.451 e. The van der Waals surface area contributed by atoms with Gasteiger partial charge in [0.15, 0.2) is 5.76 Å². The number of nitrogens with one attached hydrogen (secondary N) is 1. The van der Waals surface area contributed by atoms with E-state index in [0.717, 1.165) is 16.3 Å². The Labute approximate surface area is 136 Å². The van der Waals surface area contributed by atoms with E-state index in [-0.39, 0.29) is 11.7 Å². The number of para-hydroxylation sites is 1. The summed E-state index contributed by atoms with van der Waals surface area (Å²) in [7, 11) is 0. The molecule has 0 aliphatic carbocycles. The molecule has 0 fully saturated rings. The average Bonchev–Trinajstić information content (AvgIpc) is 2.98. The van der Waals surface area contributed by atoms with Crippen molar-refractivity contribution in [2.24, 2.45) is 0 Å². The largest absolute Gasteiger partial charge is 0.451 e. The first kappa shape index (κ1) is 13.8. The Morgan fingerprint density at radius 3 is 2.83 bits per heavy atom. The summed E-state index contributed by atoms with van der Waals surface area (Å²) in [5.41, 5.74) is 2.12. The van der Waals surface area contributed by atoms with Crippen LogP contribution in [0.15, 0.2) is 65.2 Å². The third-order valence-electron chi connectivity index (χ3n) is 3.55. The molecule has 0 unspecified atom stereocenters. The Morgan fingerprint density at radius 2 is 1.91 bits per heavy atom. The highest BCUT2D eigenvalue weighted by atomic mass is 35.5. The quantitative estimate of drug-likeness (QED) is 0.572. The Hall–Kier alpha value is -2.85. The maximum atomic E-state index is 12.3. The predicted octanol–water partition coefficient (Wildman–Crippen LogP) is 4.89. The lowest BCUT2D eigenvalue weighted by atomic mass is 10.2. The first-order chi connectivity index (χ1) is 11.2. The van der Waals surface area contributed by atoms with E-state index in [1.54, 1.807) is 30.5 Å². The van der Waals surface area contributed by atoms with E-state index in [2.05, 4.69) is 10.3 Å². The van der Waals surface area contributed by atoms with Crippen molar-refractivity contribution >= 4 is 45.1 Å². The highest BCUT2D eigenvalue weighted by Crippen LogP contribution is 2.24. The number of carbonyl (C=O) groups excluding carboxylic acids is 1. The number of fused-ring (bicyclic) bond motifs is 2. The number of hydrogen-bond donors (Lipinski definition) is 1. The van der Waals surface area contributed by atoms with Gasteiger partial charge in [-0.05, 0) is 36.4 Å². The molecule has 4 rings (SSSR count). The van der Waals surface area contributed by atoms with Crippen LogP contribution >= 0.6 is 11.6 Å². The third kappa shape index (κ3) is 2.64. The highest BCUT2D eigenvalue weighted by molar-refractivity contribution is 6.31. The first-order valence-electron chi connectivity index (χ1n) is 7.04. The summed E-state index contributed by atoms with van der Waals surface area (Å²) in [6.07, 6.45) is 1.62. The molecule has 0 saturated heterocycles. The summed E-state index contributed by atoms with van der Waals surface area (Å²) in [5.74, 6) is -0.0928. The lowest BCUT2D eigenvalue weighted by molar-refractivity contribution is 0.0998. The van der Waals surface area contributed by atoms with Crippen molar-refractivity contribution in [3.8, 4) is 0 Å². The minimum atomic E-state index is -0.325. The summed E-state index contributed by atoms with van der Waals surface area (Å²) in [5, 5.41) is 5.15. The van der Waals surface area contributed by atoms with Gasteiger partial charge < -0.3 is 9.73 Å². The number of rotatable bonds is 2. The second kappa shape index (κ2) is 5.41. The molecular formula is C18H11ClN2O2. The summed E-state index contributed by atoms with van der Waals surface area (Å²) in [4.78, 5) is 16.7. The Bertz CT molecular complexity index is 1040. The summed E-state index contributed by atoms with van der Waals surface area (Å²) in [6.45, 7) is 0. The summed E-state index contributed by atoms with van der Waals surface area (Å²) in [6, 6.07) is 16.5. The van der Waals surface area contributed by atoms with Crippen molar-refractivity contribution in [1.82, 2.24) is 4.98 Å². The topological polar surface area (TPSA) is 55.1 Å². The van der Waals surface area contributed by atoms with Crippen LogP contribution < -0.4 is 5.32 Å². The molecule has 1 amide bonds. The number of carbonyl (C=O) groups is 1. The maximum absolute atomic E-state index is 12.3. The molecule has 0 aliphatic heterocycles. The Morgan fingerprint density at radius 1 is 1.04 bits per heavy atom. The molecular weight excluding hydrogens is 312 g/mol. The zero-order chi connectivity index (χ0) is 15.8. The van der Waals surface area contributed by atoms with Gasteiger partial charge in [-0.15, -0.1) is 0 Å². The number of amides is 1. The summed E-state index contributed by atoms with van der Waals surface area (Å²) < 4.78 is 5.55. The second-order valence-electron chi connectivity index (χ2n) is 5.16. The van der Waals surface area contributed by atoms with Gasteiger partial charge in [-0.3, -0.25) is 9.78 Å². The zero-order valence-electron chi connectivity index (χ0n) is 11.9. The highest BCUT2D eigenvalue weighted by Gasteiger charge is 2.13. The molecule has 0 saturated carbocycles. The molecule has 0 aliphatic rings. The van der Waals surface area contributed by atoms with Crippen molar-refractivity contribution in [2.45, 2.75) is 0 Å². The fourth-order valence-electron chi connectivity index (χ4n) is 2.46. The van der Waals surface area contributed by atoms with E-state index < -0.39 is 0 Å². The minimum absolute atomic E-state index is 0.232. The molecule has 2 aromatic heterocycles. The van der Waals surface area contributed by atoms with Crippen molar-refractivity contribution in [1.29, 1.82) is 0 Å². The fraction of sp³-hybridized carbons (Fsp3) is 0. The number of pyridine rings is 1. The lowest BCUT2D eigenvalue weighted by Gasteiger charge is -2.04. The standard InChI is InChI=1S/C18H11ClN2O2/c19-13-5-6-16-12(7-13)9-17(23-16)18(22)21-14-8-11-3-1-2-4-15(11)20-10-14/h1-10H,(H,21,22). The number of nitrogens with zero attached hydrogens (tertiary/aromatic N) is 1. The van der Waals surface area contributed by atoms with Crippen LogP contribution in [-0.2, 0) is 0 Å². The number of halogens is 1. The van der Waals surface area contributed by atoms with Crippen molar-refractivity contribution in [3.63, 3.8) is 0 Å².